The minimum atomic E-state index is -1.25. The number of carboxylic acid groups (broad SMARTS) is 1. The van der Waals surface area contributed by atoms with Gasteiger partial charge in [-0.05, 0) is 49.4 Å². The average Bonchev–Trinajstić information content (AvgIpc) is 2.53. The van der Waals surface area contributed by atoms with E-state index in [0.717, 1.165) is 29.6 Å². The lowest BCUT2D eigenvalue weighted by molar-refractivity contribution is 0.195. The molecule has 22 heavy (non-hydrogen) atoms. The number of hydrogen-bond acceptors (Lipinski definition) is 3. The lowest BCUT2D eigenvalue weighted by Crippen LogP contribution is -2.27. The monoisotopic (exact) mass is 301 g/mol. The second-order valence-corrected chi connectivity index (χ2v) is 5.05. The third kappa shape index (κ3) is 3.97. The van der Waals surface area contributed by atoms with Crippen molar-refractivity contribution in [3.8, 4) is 5.75 Å². The fourth-order valence-electron chi connectivity index (χ4n) is 2.32. The summed E-state index contributed by atoms with van der Waals surface area (Å²) in [5.41, 5.74) is 1.32. The molecule has 5 heteroatoms. The van der Waals surface area contributed by atoms with Gasteiger partial charge >= 0.3 is 6.09 Å². The normalized spacial score (nSPS) is 10.4. The molecule has 1 aromatic carbocycles. The van der Waals surface area contributed by atoms with Crippen LogP contribution in [0.2, 0.25) is 0 Å². The van der Waals surface area contributed by atoms with Gasteiger partial charge in [0.05, 0.1) is 7.11 Å². The van der Waals surface area contributed by atoms with Gasteiger partial charge in [-0.15, -0.1) is 0 Å². The summed E-state index contributed by atoms with van der Waals surface area (Å²) in [5, 5.41) is 8.91. The zero-order chi connectivity index (χ0) is 15.9. The molecular formula is C17H19NO4. The fourth-order valence-corrected chi connectivity index (χ4v) is 2.32. The molecule has 116 valence electrons. The molecule has 2 aromatic rings. The number of unbranched alkanes of at least 4 members (excludes halogenated alkanes) is 1. The van der Waals surface area contributed by atoms with Crippen molar-refractivity contribution in [3.63, 3.8) is 0 Å². The zero-order valence-electron chi connectivity index (χ0n) is 12.5. The summed E-state index contributed by atoms with van der Waals surface area (Å²) in [4.78, 5) is 22.8. The highest BCUT2D eigenvalue weighted by Gasteiger charge is 2.07. The van der Waals surface area contributed by atoms with Crippen LogP contribution in [0.5, 0.6) is 5.75 Å². The first-order valence-electron chi connectivity index (χ1n) is 7.18. The number of aryl methyl sites for hydroxylation is 2. The molecular weight excluding hydrogens is 282 g/mol. The Morgan fingerprint density at radius 1 is 1.14 bits per heavy atom. The third-order valence-corrected chi connectivity index (χ3v) is 3.55. The summed E-state index contributed by atoms with van der Waals surface area (Å²) in [6.07, 6.45) is 3.31. The van der Waals surface area contributed by atoms with Crippen molar-refractivity contribution in [2.45, 2.75) is 25.7 Å². The van der Waals surface area contributed by atoms with Crippen LogP contribution in [0.25, 0.3) is 0 Å². The van der Waals surface area contributed by atoms with Gasteiger partial charge in [0.2, 0.25) is 0 Å². The molecule has 0 radical (unpaired) electrons. The first-order valence-corrected chi connectivity index (χ1v) is 7.18. The van der Waals surface area contributed by atoms with Crippen LogP contribution in [0.4, 0.5) is 4.79 Å². The number of benzene rings is 1. The molecule has 0 saturated carbocycles. The van der Waals surface area contributed by atoms with Crippen molar-refractivity contribution in [3.05, 3.63) is 64.1 Å². The largest absolute Gasteiger partial charge is 0.497 e. The van der Waals surface area contributed by atoms with E-state index in [2.05, 4.69) is 0 Å². The Morgan fingerprint density at radius 3 is 2.45 bits per heavy atom. The Kier molecular flexibility index (Phi) is 5.36. The molecule has 1 aromatic heterocycles. The van der Waals surface area contributed by atoms with Crippen molar-refractivity contribution in [2.75, 3.05) is 7.11 Å². The molecule has 0 bridgehead atoms. The maximum absolute atomic E-state index is 11.9. The predicted octanol–water partition coefficient (Wildman–Crippen LogP) is 2.95. The molecule has 5 nitrogen and oxygen atoms in total. The van der Waals surface area contributed by atoms with Gasteiger partial charge in [-0.2, -0.15) is 0 Å². The van der Waals surface area contributed by atoms with Crippen molar-refractivity contribution >= 4 is 6.09 Å². The number of rotatable bonds is 6. The summed E-state index contributed by atoms with van der Waals surface area (Å²) < 4.78 is 5.83. The number of hydrogen-bond donors (Lipinski definition) is 1. The van der Waals surface area contributed by atoms with E-state index in [1.165, 1.54) is 11.8 Å². The third-order valence-electron chi connectivity index (χ3n) is 3.55. The highest BCUT2D eigenvalue weighted by atomic mass is 16.5. The lowest BCUT2D eigenvalue weighted by atomic mass is 10.0. The minimum Gasteiger partial charge on any atom is -0.497 e. The second kappa shape index (κ2) is 7.45. The molecule has 0 aliphatic carbocycles. The Balaban J connectivity index is 1.87. The summed E-state index contributed by atoms with van der Waals surface area (Å²) in [5.74, 6) is 0.835. The Bertz CT molecular complexity index is 689. The van der Waals surface area contributed by atoms with Crippen LogP contribution in [0, 0.1) is 0 Å². The summed E-state index contributed by atoms with van der Waals surface area (Å²) >= 11 is 0. The molecule has 2 rings (SSSR count). The van der Waals surface area contributed by atoms with Crippen LogP contribution < -0.4 is 10.3 Å². The van der Waals surface area contributed by atoms with Crippen LogP contribution in [-0.2, 0) is 12.8 Å². The van der Waals surface area contributed by atoms with Crippen LogP contribution in [0.1, 0.15) is 24.0 Å². The highest BCUT2D eigenvalue weighted by molar-refractivity contribution is 5.67. The second-order valence-electron chi connectivity index (χ2n) is 5.05. The lowest BCUT2D eigenvalue weighted by Gasteiger charge is -2.05. The smallest absolute Gasteiger partial charge is 0.418 e. The maximum Gasteiger partial charge on any atom is 0.418 e. The molecule has 0 saturated heterocycles. The molecule has 1 heterocycles. The minimum absolute atomic E-state index is 0.445. The van der Waals surface area contributed by atoms with Gasteiger partial charge in [-0.25, -0.2) is 9.36 Å². The maximum atomic E-state index is 11.9. The first-order chi connectivity index (χ1) is 10.6. The van der Waals surface area contributed by atoms with Crippen LogP contribution in [0.15, 0.2) is 47.4 Å². The number of nitrogens with zero attached hydrogens (tertiary/aromatic N) is 1. The number of aromatic nitrogens is 1. The summed E-state index contributed by atoms with van der Waals surface area (Å²) in [6, 6.07) is 11.2. The fraction of sp³-hybridized carbons (Fsp3) is 0.294. The van der Waals surface area contributed by atoms with Gasteiger partial charge in [0.25, 0.3) is 5.56 Å². The van der Waals surface area contributed by atoms with Crippen LogP contribution in [0.3, 0.4) is 0 Å². The first kappa shape index (κ1) is 15.8. The molecule has 0 aliphatic heterocycles. The van der Waals surface area contributed by atoms with Gasteiger partial charge in [-0.3, -0.25) is 4.79 Å². The molecule has 0 amide bonds. The molecule has 1 N–H and O–H groups in total. The number of carbonyl (C=O) groups is 1. The van der Waals surface area contributed by atoms with E-state index < -0.39 is 11.7 Å². The molecule has 0 spiro atoms. The standard InChI is InChI=1S/C17H19NO4/c1-22-15-10-8-13(9-11-15)5-2-3-6-14-7-4-12-18(16(14)19)17(20)21/h4,7-12H,2-3,5-6H2,1H3,(H,20,21). The van der Waals surface area contributed by atoms with E-state index in [9.17, 15) is 9.59 Å². The molecule has 0 aliphatic rings. The van der Waals surface area contributed by atoms with E-state index >= 15 is 0 Å². The van der Waals surface area contributed by atoms with Gasteiger partial charge in [-0.1, -0.05) is 18.2 Å². The Morgan fingerprint density at radius 2 is 1.82 bits per heavy atom. The van der Waals surface area contributed by atoms with E-state index in [0.29, 0.717) is 12.0 Å². The SMILES string of the molecule is COc1ccc(CCCCc2cccn(C(=O)O)c2=O)cc1. The number of ether oxygens (including phenoxy) is 1. The Labute approximate surface area is 128 Å². The van der Waals surface area contributed by atoms with Gasteiger partial charge in [0, 0.05) is 11.8 Å². The average molecular weight is 301 g/mol. The molecule has 0 unspecified atom stereocenters. The number of pyridine rings is 1. The molecule has 0 fully saturated rings. The van der Waals surface area contributed by atoms with E-state index in [-0.39, 0.29) is 0 Å². The van der Waals surface area contributed by atoms with Gasteiger partial charge in [0.1, 0.15) is 5.75 Å². The van der Waals surface area contributed by atoms with Crippen LogP contribution in [-0.4, -0.2) is 22.9 Å². The van der Waals surface area contributed by atoms with Crippen molar-refractivity contribution in [1.29, 1.82) is 0 Å². The predicted molar refractivity (Wildman–Crippen MR) is 83.8 cm³/mol. The van der Waals surface area contributed by atoms with E-state index in [4.69, 9.17) is 9.84 Å². The quantitative estimate of drug-likeness (QED) is 0.833. The van der Waals surface area contributed by atoms with Gasteiger partial charge < -0.3 is 9.84 Å². The highest BCUT2D eigenvalue weighted by Crippen LogP contribution is 2.13. The molecule has 0 atom stereocenters. The number of methoxy groups -OCH3 is 1. The van der Waals surface area contributed by atoms with Crippen molar-refractivity contribution in [2.24, 2.45) is 0 Å². The topological polar surface area (TPSA) is 68.5 Å². The van der Waals surface area contributed by atoms with Crippen molar-refractivity contribution in [1.82, 2.24) is 4.57 Å². The van der Waals surface area contributed by atoms with E-state index in [1.807, 2.05) is 24.3 Å². The van der Waals surface area contributed by atoms with Gasteiger partial charge in [0.15, 0.2) is 0 Å². The van der Waals surface area contributed by atoms with E-state index in [1.54, 1.807) is 19.2 Å². The summed E-state index contributed by atoms with van der Waals surface area (Å²) in [7, 11) is 1.64. The van der Waals surface area contributed by atoms with Crippen LogP contribution >= 0.6 is 0 Å². The Hall–Kier alpha value is -2.56. The van der Waals surface area contributed by atoms with Crippen molar-refractivity contribution < 1.29 is 14.6 Å². The zero-order valence-corrected chi connectivity index (χ0v) is 12.5. The summed E-state index contributed by atoms with van der Waals surface area (Å²) in [6.45, 7) is 0.